The molecule has 0 spiro atoms. The van der Waals surface area contributed by atoms with Crippen molar-refractivity contribution in [1.82, 2.24) is 4.98 Å². The molecule has 0 aliphatic carbocycles. The van der Waals surface area contributed by atoms with Gasteiger partial charge in [0.05, 0.1) is 48.6 Å². The average molecular weight is 255 g/mol. The SMILES string of the molecule is CC(CO)(CO)c1cccc(C(C)(CO)CO)n1. The van der Waals surface area contributed by atoms with E-state index in [4.69, 9.17) is 0 Å². The van der Waals surface area contributed by atoms with Gasteiger partial charge in [-0.3, -0.25) is 4.98 Å². The van der Waals surface area contributed by atoms with Crippen molar-refractivity contribution in [2.45, 2.75) is 24.7 Å². The molecule has 0 saturated carbocycles. The molecule has 0 radical (unpaired) electrons. The van der Waals surface area contributed by atoms with Crippen LogP contribution in [0.15, 0.2) is 18.2 Å². The van der Waals surface area contributed by atoms with Crippen molar-refractivity contribution in [2.24, 2.45) is 0 Å². The maximum Gasteiger partial charge on any atom is 0.0562 e. The molecule has 0 bridgehead atoms. The molecule has 1 heterocycles. The van der Waals surface area contributed by atoms with Crippen molar-refractivity contribution in [2.75, 3.05) is 26.4 Å². The number of nitrogens with zero attached hydrogens (tertiary/aromatic N) is 1. The van der Waals surface area contributed by atoms with E-state index in [-0.39, 0.29) is 26.4 Å². The van der Waals surface area contributed by atoms with Crippen molar-refractivity contribution in [3.8, 4) is 0 Å². The molecule has 5 heteroatoms. The first-order chi connectivity index (χ1) is 8.45. The van der Waals surface area contributed by atoms with Crippen molar-refractivity contribution in [3.05, 3.63) is 29.6 Å². The molecule has 0 saturated heterocycles. The fourth-order valence-corrected chi connectivity index (χ4v) is 1.53. The summed E-state index contributed by atoms with van der Waals surface area (Å²) in [6.07, 6.45) is 0. The van der Waals surface area contributed by atoms with Gasteiger partial charge in [0.15, 0.2) is 0 Å². The summed E-state index contributed by atoms with van der Waals surface area (Å²) in [5, 5.41) is 37.4. The van der Waals surface area contributed by atoms with Crippen LogP contribution in [0.5, 0.6) is 0 Å². The molecule has 1 aromatic heterocycles. The molecule has 0 aromatic carbocycles. The molecule has 0 aliphatic heterocycles. The van der Waals surface area contributed by atoms with Crippen molar-refractivity contribution >= 4 is 0 Å². The number of aliphatic hydroxyl groups is 4. The lowest BCUT2D eigenvalue weighted by Gasteiger charge is -2.28. The third-order valence-corrected chi connectivity index (χ3v) is 3.38. The van der Waals surface area contributed by atoms with Crippen LogP contribution in [0.3, 0.4) is 0 Å². The lowest BCUT2D eigenvalue weighted by molar-refractivity contribution is 0.119. The maximum atomic E-state index is 9.35. The van der Waals surface area contributed by atoms with Crippen LogP contribution in [-0.4, -0.2) is 51.8 Å². The molecule has 1 aromatic rings. The van der Waals surface area contributed by atoms with E-state index in [9.17, 15) is 20.4 Å². The Labute approximate surface area is 107 Å². The average Bonchev–Trinajstić information content (AvgIpc) is 2.45. The molecule has 0 unspecified atom stereocenters. The van der Waals surface area contributed by atoms with Crippen molar-refractivity contribution in [3.63, 3.8) is 0 Å². The topological polar surface area (TPSA) is 93.8 Å². The van der Waals surface area contributed by atoms with Crippen molar-refractivity contribution in [1.29, 1.82) is 0 Å². The van der Waals surface area contributed by atoms with Gasteiger partial charge < -0.3 is 20.4 Å². The van der Waals surface area contributed by atoms with E-state index < -0.39 is 10.8 Å². The van der Waals surface area contributed by atoms with Crippen LogP contribution in [0.25, 0.3) is 0 Å². The van der Waals surface area contributed by atoms with Gasteiger partial charge in [0.25, 0.3) is 0 Å². The van der Waals surface area contributed by atoms with Crippen molar-refractivity contribution < 1.29 is 20.4 Å². The van der Waals surface area contributed by atoms with Gasteiger partial charge in [0.1, 0.15) is 0 Å². The lowest BCUT2D eigenvalue weighted by Crippen LogP contribution is -2.36. The Morgan fingerprint density at radius 2 is 1.17 bits per heavy atom. The Balaban J connectivity index is 3.21. The van der Waals surface area contributed by atoms with Gasteiger partial charge in [0.2, 0.25) is 0 Å². The highest BCUT2D eigenvalue weighted by Gasteiger charge is 2.31. The van der Waals surface area contributed by atoms with Crippen LogP contribution in [0.4, 0.5) is 0 Å². The quantitative estimate of drug-likeness (QED) is 0.553. The number of hydrogen-bond donors (Lipinski definition) is 4. The van der Waals surface area contributed by atoms with Gasteiger partial charge in [-0.25, -0.2) is 0 Å². The summed E-state index contributed by atoms with van der Waals surface area (Å²) in [5.74, 6) is 0. The molecular formula is C13H21NO4. The predicted octanol–water partition coefficient (Wildman–Crippen LogP) is -0.434. The highest BCUT2D eigenvalue weighted by molar-refractivity contribution is 5.24. The van der Waals surface area contributed by atoms with E-state index in [2.05, 4.69) is 4.98 Å². The van der Waals surface area contributed by atoms with E-state index in [0.29, 0.717) is 11.4 Å². The van der Waals surface area contributed by atoms with Crippen LogP contribution in [0, 0.1) is 0 Å². The number of pyridine rings is 1. The third-order valence-electron chi connectivity index (χ3n) is 3.38. The minimum Gasteiger partial charge on any atom is -0.395 e. The Morgan fingerprint density at radius 3 is 1.44 bits per heavy atom. The molecule has 1 rings (SSSR count). The maximum absolute atomic E-state index is 9.35. The molecule has 5 nitrogen and oxygen atoms in total. The molecular weight excluding hydrogens is 234 g/mol. The van der Waals surface area contributed by atoms with Gasteiger partial charge in [-0.2, -0.15) is 0 Å². The molecule has 18 heavy (non-hydrogen) atoms. The number of hydrogen-bond acceptors (Lipinski definition) is 5. The number of aliphatic hydroxyl groups excluding tert-OH is 4. The summed E-state index contributed by atoms with van der Waals surface area (Å²) < 4.78 is 0. The van der Waals surface area contributed by atoms with E-state index in [1.807, 2.05) is 0 Å². The standard InChI is InChI=1S/C13H21NO4/c1-12(6-15,7-16)10-4-3-5-11(14-10)13(2,8-17)9-18/h3-5,15-18H,6-9H2,1-2H3. The second-order valence-corrected chi connectivity index (χ2v) is 5.16. The summed E-state index contributed by atoms with van der Waals surface area (Å²) in [6.45, 7) is 2.50. The summed E-state index contributed by atoms with van der Waals surface area (Å²) in [5.41, 5.74) is -0.583. The molecule has 102 valence electrons. The minimum absolute atomic E-state index is 0.227. The highest BCUT2D eigenvalue weighted by Crippen LogP contribution is 2.25. The van der Waals surface area contributed by atoms with E-state index in [1.54, 1.807) is 32.0 Å². The van der Waals surface area contributed by atoms with Crippen LogP contribution < -0.4 is 0 Å². The zero-order valence-electron chi connectivity index (χ0n) is 10.8. The fourth-order valence-electron chi connectivity index (χ4n) is 1.53. The fraction of sp³-hybridized carbons (Fsp3) is 0.615. The van der Waals surface area contributed by atoms with Crippen LogP contribution in [0.2, 0.25) is 0 Å². The summed E-state index contributed by atoms with van der Waals surface area (Å²) in [6, 6.07) is 5.17. The minimum atomic E-state index is -0.832. The second kappa shape index (κ2) is 5.75. The first-order valence-electron chi connectivity index (χ1n) is 5.87. The zero-order chi connectivity index (χ0) is 13.8. The van der Waals surface area contributed by atoms with Gasteiger partial charge in [-0.05, 0) is 26.0 Å². The van der Waals surface area contributed by atoms with Crippen LogP contribution in [0.1, 0.15) is 25.2 Å². The molecule has 4 N–H and O–H groups in total. The Hall–Kier alpha value is -1.01. The Bertz CT molecular complexity index is 353. The lowest BCUT2D eigenvalue weighted by atomic mass is 9.85. The first kappa shape index (κ1) is 15.0. The van der Waals surface area contributed by atoms with Crippen LogP contribution in [-0.2, 0) is 10.8 Å². The predicted molar refractivity (Wildman–Crippen MR) is 67.3 cm³/mol. The smallest absolute Gasteiger partial charge is 0.0562 e. The van der Waals surface area contributed by atoms with Gasteiger partial charge in [0, 0.05) is 0 Å². The van der Waals surface area contributed by atoms with Gasteiger partial charge >= 0.3 is 0 Å². The summed E-state index contributed by atoms with van der Waals surface area (Å²) in [7, 11) is 0. The summed E-state index contributed by atoms with van der Waals surface area (Å²) >= 11 is 0. The number of aromatic nitrogens is 1. The largest absolute Gasteiger partial charge is 0.395 e. The number of rotatable bonds is 6. The normalized spacial score (nSPS) is 12.8. The molecule has 0 aliphatic rings. The zero-order valence-corrected chi connectivity index (χ0v) is 10.8. The molecule has 0 atom stereocenters. The Morgan fingerprint density at radius 1 is 0.833 bits per heavy atom. The van der Waals surface area contributed by atoms with E-state index in [1.165, 1.54) is 0 Å². The molecule has 0 amide bonds. The Kier molecular flexibility index (Phi) is 4.81. The molecule has 0 fully saturated rings. The van der Waals surface area contributed by atoms with Gasteiger partial charge in [-0.1, -0.05) is 6.07 Å². The van der Waals surface area contributed by atoms with E-state index in [0.717, 1.165) is 0 Å². The monoisotopic (exact) mass is 255 g/mol. The van der Waals surface area contributed by atoms with Gasteiger partial charge in [-0.15, -0.1) is 0 Å². The van der Waals surface area contributed by atoms with E-state index >= 15 is 0 Å². The summed E-state index contributed by atoms with van der Waals surface area (Å²) in [4.78, 5) is 4.36. The second-order valence-electron chi connectivity index (χ2n) is 5.16. The first-order valence-corrected chi connectivity index (χ1v) is 5.87. The third kappa shape index (κ3) is 2.70. The highest BCUT2D eigenvalue weighted by atomic mass is 16.3. The van der Waals surface area contributed by atoms with Crippen LogP contribution >= 0.6 is 0 Å².